The fourth-order valence-electron chi connectivity index (χ4n) is 1.95. The first kappa shape index (κ1) is 11.6. The molecule has 0 aliphatic carbocycles. The SMILES string of the molecule is C[C@@H](Cc1ccccc1)C(=O)c1ccccc1. The van der Waals surface area contributed by atoms with E-state index >= 15 is 0 Å². The van der Waals surface area contributed by atoms with Crippen LogP contribution in [-0.2, 0) is 6.42 Å². The van der Waals surface area contributed by atoms with Crippen LogP contribution in [0.4, 0.5) is 0 Å². The van der Waals surface area contributed by atoms with Crippen LogP contribution >= 0.6 is 0 Å². The molecular weight excluding hydrogens is 208 g/mol. The molecule has 17 heavy (non-hydrogen) atoms. The molecule has 0 N–H and O–H groups in total. The molecule has 2 rings (SSSR count). The van der Waals surface area contributed by atoms with Crippen LogP contribution < -0.4 is 0 Å². The lowest BCUT2D eigenvalue weighted by Crippen LogP contribution is -2.13. The first-order valence-corrected chi connectivity index (χ1v) is 5.90. The first-order chi connectivity index (χ1) is 8.27. The summed E-state index contributed by atoms with van der Waals surface area (Å²) in [6, 6.07) is 19.6. The van der Waals surface area contributed by atoms with Crippen molar-refractivity contribution in [2.75, 3.05) is 0 Å². The quantitative estimate of drug-likeness (QED) is 0.723. The van der Waals surface area contributed by atoms with Crippen molar-refractivity contribution >= 4 is 5.78 Å². The van der Waals surface area contributed by atoms with E-state index in [1.165, 1.54) is 5.56 Å². The van der Waals surface area contributed by atoms with Crippen molar-refractivity contribution < 1.29 is 4.79 Å². The molecule has 1 nitrogen and oxygen atoms in total. The lowest BCUT2D eigenvalue weighted by atomic mass is 9.93. The maximum atomic E-state index is 12.1. The monoisotopic (exact) mass is 224 g/mol. The van der Waals surface area contributed by atoms with Crippen LogP contribution in [0.1, 0.15) is 22.8 Å². The molecule has 0 aliphatic heterocycles. The van der Waals surface area contributed by atoms with Gasteiger partial charge in [-0.1, -0.05) is 67.6 Å². The highest BCUT2D eigenvalue weighted by Crippen LogP contribution is 2.14. The Kier molecular flexibility index (Phi) is 3.71. The van der Waals surface area contributed by atoms with Crippen LogP contribution in [-0.4, -0.2) is 5.78 Å². The highest BCUT2D eigenvalue weighted by atomic mass is 16.1. The highest BCUT2D eigenvalue weighted by molar-refractivity contribution is 5.97. The Morgan fingerprint density at radius 1 is 0.941 bits per heavy atom. The van der Waals surface area contributed by atoms with Crippen LogP contribution in [0.15, 0.2) is 60.7 Å². The van der Waals surface area contributed by atoms with Crippen LogP contribution in [0.5, 0.6) is 0 Å². The molecule has 0 aliphatic rings. The predicted molar refractivity (Wildman–Crippen MR) is 70.1 cm³/mol. The van der Waals surface area contributed by atoms with Crippen molar-refractivity contribution in [2.24, 2.45) is 5.92 Å². The van der Waals surface area contributed by atoms with Crippen LogP contribution in [0.2, 0.25) is 0 Å². The Bertz CT molecular complexity index is 473. The van der Waals surface area contributed by atoms with Crippen molar-refractivity contribution in [3.8, 4) is 0 Å². The summed E-state index contributed by atoms with van der Waals surface area (Å²) in [5, 5.41) is 0. The minimum absolute atomic E-state index is 0.0276. The second-order valence-electron chi connectivity index (χ2n) is 4.32. The number of rotatable bonds is 4. The third-order valence-electron chi connectivity index (χ3n) is 2.89. The van der Waals surface area contributed by atoms with E-state index in [1.807, 2.05) is 55.5 Å². The molecular formula is C16H16O. The Hall–Kier alpha value is -1.89. The van der Waals surface area contributed by atoms with Gasteiger partial charge in [-0.25, -0.2) is 0 Å². The van der Waals surface area contributed by atoms with Gasteiger partial charge in [-0.15, -0.1) is 0 Å². The Morgan fingerprint density at radius 3 is 2.06 bits per heavy atom. The minimum Gasteiger partial charge on any atom is -0.294 e. The Morgan fingerprint density at radius 2 is 1.47 bits per heavy atom. The molecule has 0 radical (unpaired) electrons. The average Bonchev–Trinajstić information content (AvgIpc) is 2.40. The summed E-state index contributed by atoms with van der Waals surface area (Å²) >= 11 is 0. The van der Waals surface area contributed by atoms with Gasteiger partial charge in [-0.05, 0) is 12.0 Å². The molecule has 0 saturated heterocycles. The summed E-state index contributed by atoms with van der Waals surface area (Å²) in [6.45, 7) is 1.99. The van der Waals surface area contributed by atoms with Gasteiger partial charge in [0, 0.05) is 11.5 Å². The largest absolute Gasteiger partial charge is 0.294 e. The van der Waals surface area contributed by atoms with E-state index in [1.54, 1.807) is 0 Å². The zero-order valence-corrected chi connectivity index (χ0v) is 9.97. The van der Waals surface area contributed by atoms with Gasteiger partial charge in [0.05, 0.1) is 0 Å². The molecule has 0 unspecified atom stereocenters. The molecule has 0 spiro atoms. The van der Waals surface area contributed by atoms with Crippen molar-refractivity contribution in [1.82, 2.24) is 0 Å². The number of carbonyl (C=O) groups excluding carboxylic acids is 1. The topological polar surface area (TPSA) is 17.1 Å². The number of Topliss-reactive ketones (excluding diaryl/α,β-unsaturated/α-hetero) is 1. The second-order valence-corrected chi connectivity index (χ2v) is 4.32. The van der Waals surface area contributed by atoms with Crippen molar-refractivity contribution in [2.45, 2.75) is 13.3 Å². The number of hydrogen-bond acceptors (Lipinski definition) is 1. The minimum atomic E-state index is 0.0276. The van der Waals surface area contributed by atoms with E-state index in [9.17, 15) is 4.79 Å². The first-order valence-electron chi connectivity index (χ1n) is 5.90. The van der Waals surface area contributed by atoms with Crippen LogP contribution in [0.3, 0.4) is 0 Å². The third-order valence-corrected chi connectivity index (χ3v) is 2.89. The van der Waals surface area contributed by atoms with Gasteiger partial charge in [-0.2, -0.15) is 0 Å². The van der Waals surface area contributed by atoms with E-state index < -0.39 is 0 Å². The standard InChI is InChI=1S/C16H16O/c1-13(12-14-8-4-2-5-9-14)16(17)15-10-6-3-7-11-15/h2-11,13H,12H2,1H3/t13-/m0/s1. The summed E-state index contributed by atoms with van der Waals surface area (Å²) in [7, 11) is 0. The molecule has 1 heteroatoms. The fraction of sp³-hybridized carbons (Fsp3) is 0.188. The van der Waals surface area contributed by atoms with E-state index in [0.717, 1.165) is 12.0 Å². The zero-order valence-electron chi connectivity index (χ0n) is 9.97. The zero-order chi connectivity index (χ0) is 12.1. The normalized spacial score (nSPS) is 12.1. The smallest absolute Gasteiger partial charge is 0.165 e. The van der Waals surface area contributed by atoms with E-state index in [4.69, 9.17) is 0 Å². The van der Waals surface area contributed by atoms with Gasteiger partial charge >= 0.3 is 0 Å². The number of ketones is 1. The number of benzene rings is 2. The Balaban J connectivity index is 2.06. The molecule has 2 aromatic carbocycles. The molecule has 0 saturated carbocycles. The van der Waals surface area contributed by atoms with Gasteiger partial charge in [0.1, 0.15) is 0 Å². The third kappa shape index (κ3) is 3.04. The lowest BCUT2D eigenvalue weighted by molar-refractivity contribution is 0.0929. The Labute approximate surface area is 102 Å². The van der Waals surface area contributed by atoms with Gasteiger partial charge in [0.2, 0.25) is 0 Å². The van der Waals surface area contributed by atoms with Crippen LogP contribution in [0.25, 0.3) is 0 Å². The summed E-state index contributed by atoms with van der Waals surface area (Å²) in [4.78, 5) is 12.1. The molecule has 86 valence electrons. The van der Waals surface area contributed by atoms with Crippen LogP contribution in [0, 0.1) is 5.92 Å². The summed E-state index contributed by atoms with van der Waals surface area (Å²) in [5.74, 6) is 0.245. The number of carbonyl (C=O) groups is 1. The fourth-order valence-corrected chi connectivity index (χ4v) is 1.95. The molecule has 0 aromatic heterocycles. The van der Waals surface area contributed by atoms with E-state index in [0.29, 0.717) is 0 Å². The molecule has 0 fully saturated rings. The number of hydrogen-bond donors (Lipinski definition) is 0. The van der Waals surface area contributed by atoms with Gasteiger partial charge < -0.3 is 0 Å². The predicted octanol–water partition coefficient (Wildman–Crippen LogP) is 3.75. The molecule has 0 bridgehead atoms. The van der Waals surface area contributed by atoms with Gasteiger partial charge in [0.15, 0.2) is 5.78 Å². The van der Waals surface area contributed by atoms with E-state index in [2.05, 4.69) is 12.1 Å². The maximum absolute atomic E-state index is 12.1. The average molecular weight is 224 g/mol. The van der Waals surface area contributed by atoms with Crippen molar-refractivity contribution in [3.63, 3.8) is 0 Å². The summed E-state index contributed by atoms with van der Waals surface area (Å²) < 4.78 is 0. The van der Waals surface area contributed by atoms with E-state index in [-0.39, 0.29) is 11.7 Å². The summed E-state index contributed by atoms with van der Waals surface area (Å²) in [6.07, 6.45) is 0.800. The second kappa shape index (κ2) is 5.44. The molecule has 2 aromatic rings. The van der Waals surface area contributed by atoms with Crippen molar-refractivity contribution in [3.05, 3.63) is 71.8 Å². The van der Waals surface area contributed by atoms with Gasteiger partial charge in [-0.3, -0.25) is 4.79 Å². The highest BCUT2D eigenvalue weighted by Gasteiger charge is 2.14. The molecule has 0 heterocycles. The summed E-state index contributed by atoms with van der Waals surface area (Å²) in [5.41, 5.74) is 2.01. The van der Waals surface area contributed by atoms with Gasteiger partial charge in [0.25, 0.3) is 0 Å². The molecule has 0 amide bonds. The van der Waals surface area contributed by atoms with Crippen molar-refractivity contribution in [1.29, 1.82) is 0 Å². The maximum Gasteiger partial charge on any atom is 0.165 e. The lowest BCUT2D eigenvalue weighted by Gasteiger charge is -2.10. The molecule has 1 atom stereocenters.